The smallest absolute Gasteiger partial charge is 0.324 e. The lowest BCUT2D eigenvalue weighted by Crippen LogP contribution is -2.33. The van der Waals surface area contributed by atoms with Gasteiger partial charge >= 0.3 is 6.03 Å². The normalized spacial score (nSPS) is 16.6. The Morgan fingerprint density at radius 2 is 2.05 bits per heavy atom. The van der Waals surface area contributed by atoms with E-state index in [-0.39, 0.29) is 18.5 Å². The van der Waals surface area contributed by atoms with Crippen molar-refractivity contribution in [3.63, 3.8) is 0 Å². The van der Waals surface area contributed by atoms with E-state index in [9.17, 15) is 9.59 Å². The summed E-state index contributed by atoms with van der Waals surface area (Å²) in [5.74, 6) is 0.644. The van der Waals surface area contributed by atoms with Crippen LogP contribution < -0.4 is 5.32 Å². The average Bonchev–Trinajstić information content (AvgIpc) is 2.76. The second-order valence-corrected chi connectivity index (χ2v) is 5.69. The van der Waals surface area contributed by atoms with E-state index in [1.54, 1.807) is 11.8 Å². The van der Waals surface area contributed by atoms with Crippen LogP contribution in [-0.2, 0) is 4.79 Å². The molecule has 4 nitrogen and oxygen atoms in total. The van der Waals surface area contributed by atoms with Crippen molar-refractivity contribution in [2.45, 2.75) is 18.6 Å². The fourth-order valence-corrected chi connectivity index (χ4v) is 3.24. The van der Waals surface area contributed by atoms with Crippen LogP contribution >= 0.6 is 11.8 Å². The molecule has 102 valence electrons. The lowest BCUT2D eigenvalue weighted by Gasteiger charge is -2.17. The summed E-state index contributed by atoms with van der Waals surface area (Å²) in [6.45, 7) is 2.77. The highest BCUT2D eigenvalue weighted by Gasteiger charge is 2.27. The van der Waals surface area contributed by atoms with Gasteiger partial charge in [0.1, 0.15) is 0 Å². The van der Waals surface area contributed by atoms with Crippen molar-refractivity contribution in [1.29, 1.82) is 0 Å². The predicted molar refractivity (Wildman–Crippen MR) is 77.0 cm³/mol. The summed E-state index contributed by atoms with van der Waals surface area (Å²) in [7, 11) is 0. The van der Waals surface area contributed by atoms with Crippen molar-refractivity contribution in [3.05, 3.63) is 35.9 Å². The Balaban J connectivity index is 1.84. The SMILES string of the molecule is CC[C@@H](SCCN1C(=O)CNC1=O)c1ccccc1. The van der Waals surface area contributed by atoms with Gasteiger partial charge in [0.15, 0.2) is 0 Å². The van der Waals surface area contributed by atoms with Gasteiger partial charge in [-0.2, -0.15) is 11.8 Å². The number of nitrogens with zero attached hydrogens (tertiary/aromatic N) is 1. The third-order valence-corrected chi connectivity index (χ3v) is 4.54. The third kappa shape index (κ3) is 3.50. The van der Waals surface area contributed by atoms with Gasteiger partial charge in [-0.1, -0.05) is 37.3 Å². The first kappa shape index (κ1) is 13.9. The molecule has 1 saturated heterocycles. The van der Waals surface area contributed by atoms with Gasteiger partial charge in [-0.25, -0.2) is 4.79 Å². The number of rotatable bonds is 6. The zero-order valence-corrected chi connectivity index (χ0v) is 11.8. The molecule has 0 spiro atoms. The van der Waals surface area contributed by atoms with E-state index in [0.717, 1.165) is 12.2 Å². The van der Waals surface area contributed by atoms with Crippen LogP contribution in [0.3, 0.4) is 0 Å². The Morgan fingerprint density at radius 1 is 1.32 bits per heavy atom. The summed E-state index contributed by atoms with van der Waals surface area (Å²) in [6, 6.07) is 10.1. The van der Waals surface area contributed by atoms with E-state index < -0.39 is 0 Å². The van der Waals surface area contributed by atoms with Gasteiger partial charge in [0.2, 0.25) is 5.91 Å². The highest BCUT2D eigenvalue weighted by Crippen LogP contribution is 2.31. The molecule has 0 unspecified atom stereocenters. The minimum absolute atomic E-state index is 0.127. The molecule has 0 saturated carbocycles. The van der Waals surface area contributed by atoms with Crippen molar-refractivity contribution in [3.8, 4) is 0 Å². The van der Waals surface area contributed by atoms with E-state index in [1.807, 2.05) is 18.2 Å². The lowest BCUT2D eigenvalue weighted by molar-refractivity contribution is -0.124. The van der Waals surface area contributed by atoms with Crippen LogP contribution in [-0.4, -0.2) is 35.7 Å². The number of hydrogen-bond donors (Lipinski definition) is 1. The molecule has 2 rings (SSSR count). The molecule has 1 N–H and O–H groups in total. The summed E-state index contributed by atoms with van der Waals surface area (Å²) in [6.07, 6.45) is 1.04. The quantitative estimate of drug-likeness (QED) is 0.813. The molecule has 0 aromatic heterocycles. The van der Waals surface area contributed by atoms with Crippen LogP contribution in [0.5, 0.6) is 0 Å². The van der Waals surface area contributed by atoms with Crippen molar-refractivity contribution in [1.82, 2.24) is 10.2 Å². The molecule has 3 amide bonds. The average molecular weight is 278 g/mol. The zero-order chi connectivity index (χ0) is 13.7. The molecule has 1 heterocycles. The monoisotopic (exact) mass is 278 g/mol. The van der Waals surface area contributed by atoms with E-state index in [4.69, 9.17) is 0 Å². The largest absolute Gasteiger partial charge is 0.329 e. The number of urea groups is 1. The standard InChI is InChI=1S/C14H18N2O2S/c1-2-12(11-6-4-3-5-7-11)19-9-8-16-13(17)10-15-14(16)18/h3-7,12H,2,8-10H2,1H3,(H,15,18)/t12-/m1/s1. The maximum absolute atomic E-state index is 11.4. The minimum Gasteiger partial charge on any atom is -0.329 e. The van der Waals surface area contributed by atoms with Gasteiger partial charge in [0, 0.05) is 17.5 Å². The summed E-state index contributed by atoms with van der Waals surface area (Å²) in [4.78, 5) is 24.1. The number of carbonyl (C=O) groups excluding carboxylic acids is 2. The van der Waals surface area contributed by atoms with Crippen LogP contribution in [0, 0.1) is 0 Å². The van der Waals surface area contributed by atoms with E-state index >= 15 is 0 Å². The molecule has 0 aliphatic carbocycles. The zero-order valence-electron chi connectivity index (χ0n) is 11.0. The molecular formula is C14H18N2O2S. The first-order valence-corrected chi connectivity index (χ1v) is 7.52. The molecule has 0 bridgehead atoms. The Hall–Kier alpha value is -1.49. The number of nitrogens with one attached hydrogen (secondary N) is 1. The molecular weight excluding hydrogens is 260 g/mol. The number of benzene rings is 1. The van der Waals surface area contributed by atoms with Crippen LogP contribution in [0.1, 0.15) is 24.2 Å². The summed E-state index contributed by atoms with van der Waals surface area (Å²) < 4.78 is 0. The maximum Gasteiger partial charge on any atom is 0.324 e. The minimum atomic E-state index is -0.265. The molecule has 1 aliphatic rings. The van der Waals surface area contributed by atoms with Crippen molar-refractivity contribution >= 4 is 23.7 Å². The number of hydrogen-bond acceptors (Lipinski definition) is 3. The number of thioether (sulfide) groups is 1. The number of amides is 3. The predicted octanol–water partition coefficient (Wildman–Crippen LogP) is 2.42. The second kappa shape index (κ2) is 6.61. The van der Waals surface area contributed by atoms with Crippen molar-refractivity contribution in [2.75, 3.05) is 18.8 Å². The molecule has 1 aromatic carbocycles. The Labute approximate surface area is 117 Å². The number of imide groups is 1. The second-order valence-electron chi connectivity index (χ2n) is 4.38. The summed E-state index contributed by atoms with van der Waals surface area (Å²) in [5.41, 5.74) is 1.30. The Kier molecular flexibility index (Phi) is 4.85. The number of carbonyl (C=O) groups is 2. The van der Waals surface area contributed by atoms with Gasteiger partial charge < -0.3 is 5.32 Å². The van der Waals surface area contributed by atoms with Gasteiger partial charge in [0.05, 0.1) is 6.54 Å². The fraction of sp³-hybridized carbons (Fsp3) is 0.429. The molecule has 19 heavy (non-hydrogen) atoms. The fourth-order valence-electron chi connectivity index (χ4n) is 2.09. The first-order chi connectivity index (χ1) is 9.22. The Morgan fingerprint density at radius 3 is 2.63 bits per heavy atom. The van der Waals surface area contributed by atoms with Gasteiger partial charge in [-0.3, -0.25) is 9.69 Å². The van der Waals surface area contributed by atoms with E-state index in [2.05, 4.69) is 24.4 Å². The van der Waals surface area contributed by atoms with Crippen LogP contribution in [0.25, 0.3) is 0 Å². The van der Waals surface area contributed by atoms with E-state index in [1.165, 1.54) is 10.5 Å². The van der Waals surface area contributed by atoms with Gasteiger partial charge in [-0.15, -0.1) is 0 Å². The van der Waals surface area contributed by atoms with Gasteiger partial charge in [-0.05, 0) is 12.0 Å². The van der Waals surface area contributed by atoms with Crippen LogP contribution in [0.2, 0.25) is 0 Å². The van der Waals surface area contributed by atoms with Crippen LogP contribution in [0.4, 0.5) is 4.79 Å². The summed E-state index contributed by atoms with van der Waals surface area (Å²) in [5, 5.41) is 2.95. The molecule has 1 atom stereocenters. The summed E-state index contributed by atoms with van der Waals surface area (Å²) >= 11 is 1.79. The highest BCUT2D eigenvalue weighted by molar-refractivity contribution is 7.99. The third-order valence-electron chi connectivity index (χ3n) is 3.11. The van der Waals surface area contributed by atoms with Gasteiger partial charge in [0.25, 0.3) is 0 Å². The molecule has 1 aliphatic heterocycles. The lowest BCUT2D eigenvalue weighted by atomic mass is 10.1. The molecule has 1 aromatic rings. The maximum atomic E-state index is 11.4. The molecule has 1 fully saturated rings. The molecule has 0 radical (unpaired) electrons. The van der Waals surface area contributed by atoms with Crippen LogP contribution in [0.15, 0.2) is 30.3 Å². The molecule has 5 heteroatoms. The van der Waals surface area contributed by atoms with E-state index in [0.29, 0.717) is 11.8 Å². The van der Waals surface area contributed by atoms with Crippen molar-refractivity contribution < 1.29 is 9.59 Å². The Bertz CT molecular complexity index is 434. The van der Waals surface area contributed by atoms with Crippen molar-refractivity contribution in [2.24, 2.45) is 0 Å². The highest BCUT2D eigenvalue weighted by atomic mass is 32.2. The topological polar surface area (TPSA) is 49.4 Å². The first-order valence-electron chi connectivity index (χ1n) is 6.47.